The average molecular weight is 298 g/mol. The van der Waals surface area contributed by atoms with E-state index in [2.05, 4.69) is 24.1 Å². The molecule has 110 valence electrons. The van der Waals surface area contributed by atoms with E-state index in [1.165, 1.54) is 0 Å². The Kier molecular flexibility index (Phi) is 4.52. The number of carbonyl (C=O) groups is 1. The molecule has 20 heavy (non-hydrogen) atoms. The summed E-state index contributed by atoms with van der Waals surface area (Å²) in [5.41, 5.74) is 6.66. The number of hydrogen-bond acceptors (Lipinski definition) is 4. The van der Waals surface area contributed by atoms with Gasteiger partial charge in [0.15, 0.2) is 0 Å². The van der Waals surface area contributed by atoms with E-state index in [1.54, 1.807) is 18.2 Å². The van der Waals surface area contributed by atoms with E-state index in [-0.39, 0.29) is 11.4 Å². The lowest BCUT2D eigenvalue weighted by atomic mass is 10.0. The Morgan fingerprint density at radius 3 is 3.00 bits per heavy atom. The Bertz CT molecular complexity index is 505. The molecule has 0 spiro atoms. The summed E-state index contributed by atoms with van der Waals surface area (Å²) in [6, 6.07) is 5.03. The Morgan fingerprint density at radius 2 is 2.30 bits per heavy atom. The minimum absolute atomic E-state index is 0.104. The first kappa shape index (κ1) is 15.1. The number of halogens is 1. The topological polar surface area (TPSA) is 67.6 Å². The largest absolute Gasteiger partial charge is 0.399 e. The van der Waals surface area contributed by atoms with Crippen LogP contribution < -0.4 is 11.1 Å². The van der Waals surface area contributed by atoms with E-state index in [9.17, 15) is 4.79 Å². The lowest BCUT2D eigenvalue weighted by Crippen LogP contribution is -2.55. The standard InChI is InChI=1S/C14H20ClN3O2/c1-14(2)9-20-6-5-18(14)8-13(19)17-12-7-10(16)3-4-11(12)15/h3-4,7H,5-6,8-9,16H2,1-2H3,(H,17,19). The van der Waals surface area contributed by atoms with Crippen LogP contribution in [0.1, 0.15) is 13.8 Å². The zero-order valence-electron chi connectivity index (χ0n) is 11.8. The van der Waals surface area contributed by atoms with Crippen LogP contribution in [-0.4, -0.2) is 42.6 Å². The van der Waals surface area contributed by atoms with Crippen molar-refractivity contribution in [2.45, 2.75) is 19.4 Å². The number of carbonyl (C=O) groups excluding carboxylic acids is 1. The molecule has 0 atom stereocenters. The minimum atomic E-state index is -0.144. The minimum Gasteiger partial charge on any atom is -0.399 e. The van der Waals surface area contributed by atoms with Crippen molar-refractivity contribution in [3.05, 3.63) is 23.2 Å². The number of nitrogens with zero attached hydrogens (tertiary/aromatic N) is 1. The molecule has 1 aliphatic rings. The Balaban J connectivity index is 2.00. The highest BCUT2D eigenvalue weighted by atomic mass is 35.5. The second-order valence-corrected chi connectivity index (χ2v) is 5.98. The molecule has 0 unspecified atom stereocenters. The molecule has 1 aliphatic heterocycles. The third-order valence-electron chi connectivity index (χ3n) is 3.42. The van der Waals surface area contributed by atoms with Gasteiger partial charge in [0.25, 0.3) is 0 Å². The summed E-state index contributed by atoms with van der Waals surface area (Å²) in [4.78, 5) is 14.2. The third-order valence-corrected chi connectivity index (χ3v) is 3.75. The van der Waals surface area contributed by atoms with E-state index in [4.69, 9.17) is 22.1 Å². The molecule has 0 aromatic heterocycles. The van der Waals surface area contributed by atoms with Crippen LogP contribution in [0.3, 0.4) is 0 Å². The van der Waals surface area contributed by atoms with Crippen LogP contribution in [0.4, 0.5) is 11.4 Å². The number of anilines is 2. The second kappa shape index (κ2) is 5.99. The van der Waals surface area contributed by atoms with Gasteiger partial charge in [-0.15, -0.1) is 0 Å². The van der Waals surface area contributed by atoms with Gasteiger partial charge < -0.3 is 15.8 Å². The number of benzene rings is 1. The highest BCUT2D eigenvalue weighted by Gasteiger charge is 2.31. The van der Waals surface area contributed by atoms with E-state index in [0.29, 0.717) is 36.2 Å². The number of rotatable bonds is 3. The maximum atomic E-state index is 12.1. The molecule has 0 aliphatic carbocycles. The molecule has 0 saturated carbocycles. The molecule has 1 saturated heterocycles. The molecule has 1 heterocycles. The Hall–Kier alpha value is -1.30. The highest BCUT2D eigenvalue weighted by Crippen LogP contribution is 2.24. The van der Waals surface area contributed by atoms with Gasteiger partial charge in [-0.05, 0) is 32.0 Å². The predicted octanol–water partition coefficient (Wildman–Crippen LogP) is 1.97. The summed E-state index contributed by atoms with van der Waals surface area (Å²) in [7, 11) is 0. The number of ether oxygens (including phenoxy) is 1. The monoisotopic (exact) mass is 297 g/mol. The number of hydrogen-bond donors (Lipinski definition) is 2. The van der Waals surface area contributed by atoms with Gasteiger partial charge in [0.05, 0.1) is 30.5 Å². The van der Waals surface area contributed by atoms with Crippen molar-refractivity contribution in [2.24, 2.45) is 0 Å². The van der Waals surface area contributed by atoms with Crippen molar-refractivity contribution in [3.63, 3.8) is 0 Å². The second-order valence-electron chi connectivity index (χ2n) is 5.57. The first-order valence-corrected chi connectivity index (χ1v) is 6.94. The van der Waals surface area contributed by atoms with Crippen molar-refractivity contribution < 1.29 is 9.53 Å². The molecular formula is C14H20ClN3O2. The van der Waals surface area contributed by atoms with E-state index in [0.717, 1.165) is 6.54 Å². The Labute approximate surface area is 124 Å². The van der Waals surface area contributed by atoms with Crippen LogP contribution in [0, 0.1) is 0 Å². The van der Waals surface area contributed by atoms with Crippen LogP contribution >= 0.6 is 11.6 Å². The van der Waals surface area contributed by atoms with Crippen LogP contribution in [0.5, 0.6) is 0 Å². The van der Waals surface area contributed by atoms with Gasteiger partial charge in [0.1, 0.15) is 0 Å². The van der Waals surface area contributed by atoms with Crippen molar-refractivity contribution in [2.75, 3.05) is 37.4 Å². The van der Waals surface area contributed by atoms with Crippen molar-refractivity contribution in [3.8, 4) is 0 Å². The molecular weight excluding hydrogens is 278 g/mol. The first-order valence-electron chi connectivity index (χ1n) is 6.56. The lowest BCUT2D eigenvalue weighted by Gasteiger charge is -2.41. The van der Waals surface area contributed by atoms with E-state index < -0.39 is 0 Å². The van der Waals surface area contributed by atoms with Gasteiger partial charge in [-0.3, -0.25) is 9.69 Å². The number of nitrogens with two attached hydrogens (primary N) is 1. The molecule has 1 amide bonds. The van der Waals surface area contributed by atoms with Gasteiger partial charge in [0, 0.05) is 17.8 Å². The van der Waals surface area contributed by atoms with Crippen LogP contribution in [0.15, 0.2) is 18.2 Å². The smallest absolute Gasteiger partial charge is 0.238 e. The number of nitrogen functional groups attached to an aromatic ring is 1. The maximum absolute atomic E-state index is 12.1. The first-order chi connectivity index (χ1) is 9.38. The lowest BCUT2D eigenvalue weighted by molar-refractivity contribution is -0.122. The Morgan fingerprint density at radius 1 is 1.55 bits per heavy atom. The van der Waals surface area contributed by atoms with Gasteiger partial charge >= 0.3 is 0 Å². The summed E-state index contributed by atoms with van der Waals surface area (Å²) in [6.45, 7) is 6.45. The van der Waals surface area contributed by atoms with Crippen LogP contribution in [0.2, 0.25) is 5.02 Å². The highest BCUT2D eigenvalue weighted by molar-refractivity contribution is 6.33. The molecule has 5 nitrogen and oxygen atoms in total. The fourth-order valence-electron chi connectivity index (χ4n) is 2.19. The van der Waals surface area contributed by atoms with Gasteiger partial charge in [-0.1, -0.05) is 11.6 Å². The molecule has 0 radical (unpaired) electrons. The number of nitrogens with one attached hydrogen (secondary N) is 1. The fraction of sp³-hybridized carbons (Fsp3) is 0.500. The molecule has 0 bridgehead atoms. The third kappa shape index (κ3) is 3.62. The summed E-state index contributed by atoms with van der Waals surface area (Å²) < 4.78 is 5.44. The summed E-state index contributed by atoms with van der Waals surface area (Å²) in [6.07, 6.45) is 0. The molecule has 1 aromatic rings. The molecule has 6 heteroatoms. The SMILES string of the molecule is CC1(C)COCCN1CC(=O)Nc1cc(N)ccc1Cl. The van der Waals surface area contributed by atoms with Crippen molar-refractivity contribution in [1.82, 2.24) is 4.90 Å². The average Bonchev–Trinajstić information content (AvgIpc) is 2.36. The molecule has 3 N–H and O–H groups in total. The van der Waals surface area contributed by atoms with Crippen molar-refractivity contribution >= 4 is 28.9 Å². The van der Waals surface area contributed by atoms with Gasteiger partial charge in [-0.2, -0.15) is 0 Å². The van der Waals surface area contributed by atoms with Crippen molar-refractivity contribution in [1.29, 1.82) is 0 Å². The van der Waals surface area contributed by atoms with E-state index >= 15 is 0 Å². The zero-order chi connectivity index (χ0) is 14.8. The zero-order valence-corrected chi connectivity index (χ0v) is 12.5. The van der Waals surface area contributed by atoms with Crippen LogP contribution in [-0.2, 0) is 9.53 Å². The summed E-state index contributed by atoms with van der Waals surface area (Å²) >= 11 is 6.04. The number of morpholine rings is 1. The summed E-state index contributed by atoms with van der Waals surface area (Å²) in [5.74, 6) is -0.104. The predicted molar refractivity (Wildman–Crippen MR) is 81.0 cm³/mol. The van der Waals surface area contributed by atoms with E-state index in [1.807, 2.05) is 0 Å². The van der Waals surface area contributed by atoms with Gasteiger partial charge in [0.2, 0.25) is 5.91 Å². The fourth-order valence-corrected chi connectivity index (χ4v) is 2.35. The normalized spacial score (nSPS) is 18.8. The summed E-state index contributed by atoms with van der Waals surface area (Å²) in [5, 5.41) is 3.28. The quantitative estimate of drug-likeness (QED) is 0.837. The maximum Gasteiger partial charge on any atom is 0.238 e. The molecule has 1 fully saturated rings. The number of amides is 1. The van der Waals surface area contributed by atoms with Crippen LogP contribution in [0.25, 0.3) is 0 Å². The molecule has 1 aromatic carbocycles. The molecule has 2 rings (SSSR count). The van der Waals surface area contributed by atoms with Gasteiger partial charge in [-0.25, -0.2) is 0 Å².